The standard InChI is InChI=1S/2C8H13N5O2/c2*14-8(15)6-3-5(1-2-9-6)4-7-10-12-13-11-7/h2*5-6,9H,1-4H2,(H,14,15)(H,10,11,12,13). The minimum Gasteiger partial charge on any atom is -0.480 e. The molecule has 14 heteroatoms. The summed E-state index contributed by atoms with van der Waals surface area (Å²) in [5.41, 5.74) is 0. The van der Waals surface area contributed by atoms with E-state index in [1.54, 1.807) is 0 Å². The van der Waals surface area contributed by atoms with Gasteiger partial charge in [-0.3, -0.25) is 9.59 Å². The number of nitrogens with one attached hydrogen (secondary N) is 4. The molecule has 2 aliphatic rings. The van der Waals surface area contributed by atoms with Crippen molar-refractivity contribution in [2.45, 2.75) is 50.6 Å². The summed E-state index contributed by atoms with van der Waals surface area (Å²) in [7, 11) is 0. The predicted octanol–water partition coefficient (Wildman–Crippen LogP) is -1.61. The number of carbonyl (C=O) groups is 2. The Kier molecular flexibility index (Phi) is 7.73. The van der Waals surface area contributed by atoms with Crippen LogP contribution in [0.4, 0.5) is 0 Å². The summed E-state index contributed by atoms with van der Waals surface area (Å²) in [6.45, 7) is 1.47. The number of hydrogen-bond donors (Lipinski definition) is 6. The van der Waals surface area contributed by atoms with E-state index in [-0.39, 0.29) is 0 Å². The number of nitrogens with zero attached hydrogens (tertiary/aromatic N) is 6. The fraction of sp³-hybridized carbons (Fsp3) is 0.750. The zero-order valence-electron chi connectivity index (χ0n) is 16.4. The minimum absolute atomic E-state index is 0.324. The maximum atomic E-state index is 10.8. The van der Waals surface area contributed by atoms with E-state index >= 15 is 0 Å². The molecule has 4 atom stereocenters. The number of piperidine rings is 2. The average Bonchev–Trinajstić information content (AvgIpc) is 3.43. The van der Waals surface area contributed by atoms with Crippen LogP contribution in [0.3, 0.4) is 0 Å². The summed E-state index contributed by atoms with van der Waals surface area (Å²) < 4.78 is 0. The van der Waals surface area contributed by atoms with Gasteiger partial charge in [-0.2, -0.15) is 10.4 Å². The van der Waals surface area contributed by atoms with Gasteiger partial charge in [-0.25, -0.2) is 0 Å². The molecule has 30 heavy (non-hydrogen) atoms. The summed E-state index contributed by atoms with van der Waals surface area (Å²) in [6, 6.07) is -0.869. The maximum absolute atomic E-state index is 10.8. The molecule has 14 nitrogen and oxygen atoms in total. The molecule has 4 rings (SSSR count). The quantitative estimate of drug-likeness (QED) is 0.311. The number of tetrazole rings is 2. The van der Waals surface area contributed by atoms with E-state index in [0.717, 1.165) is 25.9 Å². The number of hydrogen-bond acceptors (Lipinski definition) is 10. The lowest BCUT2D eigenvalue weighted by molar-refractivity contribution is -0.141. The van der Waals surface area contributed by atoms with Crippen LogP contribution < -0.4 is 10.6 Å². The molecule has 0 aromatic carbocycles. The lowest BCUT2D eigenvalue weighted by Gasteiger charge is -2.26. The predicted molar refractivity (Wildman–Crippen MR) is 100 cm³/mol. The molecule has 164 valence electrons. The number of aromatic amines is 2. The van der Waals surface area contributed by atoms with Gasteiger partial charge in [-0.15, -0.1) is 20.4 Å². The largest absolute Gasteiger partial charge is 0.480 e. The smallest absolute Gasteiger partial charge is 0.320 e. The molecule has 0 aliphatic carbocycles. The maximum Gasteiger partial charge on any atom is 0.320 e. The molecular weight excluding hydrogens is 396 g/mol. The molecule has 2 fully saturated rings. The van der Waals surface area contributed by atoms with Gasteiger partial charge in [0.05, 0.1) is 0 Å². The van der Waals surface area contributed by atoms with Crippen LogP contribution in [-0.2, 0) is 22.4 Å². The minimum atomic E-state index is -0.784. The van der Waals surface area contributed by atoms with Crippen molar-refractivity contribution < 1.29 is 19.8 Å². The Morgan fingerprint density at radius 1 is 0.800 bits per heavy atom. The Morgan fingerprint density at radius 2 is 1.23 bits per heavy atom. The molecule has 2 aromatic heterocycles. The van der Waals surface area contributed by atoms with E-state index in [2.05, 4.69) is 51.9 Å². The van der Waals surface area contributed by atoms with Crippen LogP contribution >= 0.6 is 0 Å². The monoisotopic (exact) mass is 422 g/mol. The number of aromatic nitrogens is 8. The first kappa shape index (κ1) is 21.7. The highest BCUT2D eigenvalue weighted by Gasteiger charge is 2.28. The Hall–Kier alpha value is -3.00. The van der Waals surface area contributed by atoms with E-state index in [4.69, 9.17) is 10.2 Å². The molecule has 0 radical (unpaired) electrons. The number of carboxylic acid groups (broad SMARTS) is 2. The number of rotatable bonds is 6. The third kappa shape index (κ3) is 6.52. The van der Waals surface area contributed by atoms with Gasteiger partial charge in [0.25, 0.3) is 0 Å². The van der Waals surface area contributed by atoms with Crippen LogP contribution in [0.1, 0.15) is 37.3 Å². The highest BCUT2D eigenvalue weighted by Crippen LogP contribution is 2.20. The highest BCUT2D eigenvalue weighted by atomic mass is 16.4. The molecular formula is C16H26N10O4. The van der Waals surface area contributed by atoms with Crippen LogP contribution in [0.2, 0.25) is 0 Å². The molecule has 0 amide bonds. The van der Waals surface area contributed by atoms with Crippen molar-refractivity contribution in [3.8, 4) is 0 Å². The third-order valence-corrected chi connectivity index (χ3v) is 5.34. The summed E-state index contributed by atoms with van der Waals surface area (Å²) in [4.78, 5) is 21.6. The first-order valence-electron chi connectivity index (χ1n) is 9.88. The third-order valence-electron chi connectivity index (χ3n) is 5.34. The van der Waals surface area contributed by atoms with Gasteiger partial charge in [0, 0.05) is 12.8 Å². The highest BCUT2D eigenvalue weighted by molar-refractivity contribution is 5.73. The van der Waals surface area contributed by atoms with Crippen LogP contribution in [0.5, 0.6) is 0 Å². The van der Waals surface area contributed by atoms with Gasteiger partial charge in [0.1, 0.15) is 12.1 Å². The van der Waals surface area contributed by atoms with Gasteiger partial charge in [0.2, 0.25) is 0 Å². The number of aliphatic carboxylic acids is 2. The van der Waals surface area contributed by atoms with Crippen molar-refractivity contribution in [2.75, 3.05) is 13.1 Å². The van der Waals surface area contributed by atoms with Crippen molar-refractivity contribution in [1.29, 1.82) is 0 Å². The first-order chi connectivity index (χ1) is 14.5. The topological polar surface area (TPSA) is 208 Å². The second kappa shape index (κ2) is 10.7. The van der Waals surface area contributed by atoms with Gasteiger partial charge >= 0.3 is 11.9 Å². The summed E-state index contributed by atoms with van der Waals surface area (Å²) >= 11 is 0. The molecule has 2 aliphatic heterocycles. The lowest BCUT2D eigenvalue weighted by Crippen LogP contribution is -2.43. The Morgan fingerprint density at radius 3 is 1.57 bits per heavy atom. The van der Waals surface area contributed by atoms with E-state index < -0.39 is 24.0 Å². The molecule has 2 saturated heterocycles. The average molecular weight is 422 g/mol. The molecule has 4 unspecified atom stereocenters. The summed E-state index contributed by atoms with van der Waals surface area (Å²) in [5, 5.41) is 50.9. The van der Waals surface area contributed by atoms with Crippen molar-refractivity contribution in [3.05, 3.63) is 11.6 Å². The van der Waals surface area contributed by atoms with E-state index in [1.165, 1.54) is 0 Å². The van der Waals surface area contributed by atoms with Crippen molar-refractivity contribution in [2.24, 2.45) is 11.8 Å². The molecule has 0 bridgehead atoms. The molecule has 2 aromatic rings. The zero-order chi connectivity index (χ0) is 21.3. The molecule has 0 saturated carbocycles. The first-order valence-corrected chi connectivity index (χ1v) is 9.88. The Balaban J connectivity index is 0.000000171. The van der Waals surface area contributed by atoms with Gasteiger partial charge in [0.15, 0.2) is 11.6 Å². The zero-order valence-corrected chi connectivity index (χ0v) is 16.4. The van der Waals surface area contributed by atoms with Gasteiger partial charge < -0.3 is 20.8 Å². The van der Waals surface area contributed by atoms with Crippen LogP contribution in [0, 0.1) is 11.8 Å². The van der Waals surface area contributed by atoms with Crippen molar-refractivity contribution in [3.63, 3.8) is 0 Å². The summed E-state index contributed by atoms with van der Waals surface area (Å²) in [5.74, 6) is 0.396. The van der Waals surface area contributed by atoms with Crippen molar-refractivity contribution in [1.82, 2.24) is 51.9 Å². The molecule has 6 N–H and O–H groups in total. The number of H-pyrrole nitrogens is 2. The van der Waals surface area contributed by atoms with E-state index in [1.807, 2.05) is 0 Å². The number of carboxylic acids is 2. The van der Waals surface area contributed by atoms with Gasteiger partial charge in [-0.1, -0.05) is 10.4 Å². The second-order valence-corrected chi connectivity index (χ2v) is 7.54. The summed E-state index contributed by atoms with van der Waals surface area (Å²) in [6.07, 6.45) is 4.56. The fourth-order valence-corrected chi connectivity index (χ4v) is 3.79. The SMILES string of the molecule is O=C(O)C1CC(Cc2nn[nH]n2)CCN1.O=C(O)C1CC(Cc2nn[nH]n2)CCN1. The van der Waals surface area contributed by atoms with Crippen LogP contribution in [0.15, 0.2) is 0 Å². The van der Waals surface area contributed by atoms with E-state index in [0.29, 0.717) is 49.2 Å². The van der Waals surface area contributed by atoms with Gasteiger partial charge in [-0.05, 0) is 50.6 Å². The second-order valence-electron chi connectivity index (χ2n) is 7.54. The Labute approximate surface area is 171 Å². The molecule has 0 spiro atoms. The lowest BCUT2D eigenvalue weighted by atomic mass is 9.89. The Bertz CT molecular complexity index is 718. The normalized spacial score (nSPS) is 26.4. The van der Waals surface area contributed by atoms with Crippen molar-refractivity contribution >= 4 is 11.9 Å². The fourth-order valence-electron chi connectivity index (χ4n) is 3.79. The van der Waals surface area contributed by atoms with E-state index in [9.17, 15) is 9.59 Å². The van der Waals surface area contributed by atoms with Crippen LogP contribution in [-0.4, -0.2) is 88.6 Å². The molecule has 4 heterocycles. The van der Waals surface area contributed by atoms with Crippen LogP contribution in [0.25, 0.3) is 0 Å².